The number of aliphatic carboxylic acids is 1. The summed E-state index contributed by atoms with van der Waals surface area (Å²) in [5.41, 5.74) is 0.488. The van der Waals surface area contributed by atoms with Crippen LogP contribution < -0.4 is 10.1 Å². The van der Waals surface area contributed by atoms with Gasteiger partial charge < -0.3 is 20.3 Å². The zero-order valence-electron chi connectivity index (χ0n) is 11.4. The van der Waals surface area contributed by atoms with Gasteiger partial charge in [0.15, 0.2) is 12.2 Å². The average Bonchev–Trinajstić information content (AvgIpc) is 2.47. The smallest absolute Gasteiger partial charge is 0.332 e. The molecule has 2 atom stereocenters. The molecule has 0 aromatic heterocycles. The number of carbonyl (C=O) groups excluding carboxylic acids is 1. The summed E-state index contributed by atoms with van der Waals surface area (Å²) in [4.78, 5) is 22.1. The van der Waals surface area contributed by atoms with Crippen LogP contribution >= 0.6 is 0 Å². The highest BCUT2D eigenvalue weighted by Gasteiger charge is 2.16. The van der Waals surface area contributed by atoms with Crippen LogP contribution in [-0.4, -0.2) is 40.8 Å². The van der Waals surface area contributed by atoms with Crippen molar-refractivity contribution in [2.45, 2.75) is 25.6 Å². The second-order valence-electron chi connectivity index (χ2n) is 4.33. The van der Waals surface area contributed by atoms with Gasteiger partial charge in [-0.1, -0.05) is 0 Å². The van der Waals surface area contributed by atoms with Gasteiger partial charge in [-0.25, -0.2) is 4.79 Å². The predicted octanol–water partition coefficient (Wildman–Crippen LogP) is 0.277. The Morgan fingerprint density at radius 1 is 1.38 bits per heavy atom. The highest BCUT2D eigenvalue weighted by atomic mass is 16.5. The molecule has 0 spiro atoms. The second-order valence-corrected chi connectivity index (χ2v) is 4.33. The third kappa shape index (κ3) is 5.50. The maximum Gasteiger partial charge on any atom is 0.332 e. The summed E-state index contributed by atoms with van der Waals surface area (Å²) in [7, 11) is 0. The number of hydrogen-bond donors (Lipinski definition) is 3. The molecule has 1 aromatic carbocycles. The van der Waals surface area contributed by atoms with Crippen LogP contribution in [0.25, 0.3) is 0 Å². The minimum Gasteiger partial charge on any atom is -0.481 e. The second kappa shape index (κ2) is 7.87. The number of amides is 1. The average molecular weight is 292 g/mol. The van der Waals surface area contributed by atoms with Crippen molar-refractivity contribution in [3.63, 3.8) is 0 Å². The summed E-state index contributed by atoms with van der Waals surface area (Å²) in [5, 5.41) is 28.7. The van der Waals surface area contributed by atoms with Gasteiger partial charge in [-0.15, -0.1) is 0 Å². The lowest BCUT2D eigenvalue weighted by atomic mass is 10.2. The van der Waals surface area contributed by atoms with Gasteiger partial charge in [0.25, 0.3) is 5.91 Å². The molecule has 2 unspecified atom stereocenters. The summed E-state index contributed by atoms with van der Waals surface area (Å²) in [5.74, 6) is -1.30. The Balaban J connectivity index is 2.40. The maximum atomic E-state index is 11.7. The molecule has 0 radical (unpaired) electrons. The summed E-state index contributed by atoms with van der Waals surface area (Å²) in [6.45, 7) is 1.58. The lowest BCUT2D eigenvalue weighted by molar-refractivity contribution is -0.147. The third-order valence-electron chi connectivity index (χ3n) is 2.67. The van der Waals surface area contributed by atoms with Crippen LogP contribution in [0, 0.1) is 11.3 Å². The molecule has 1 aromatic rings. The lowest BCUT2D eigenvalue weighted by Gasteiger charge is -2.15. The number of rotatable bonds is 7. The number of carboxylic acid groups (broad SMARTS) is 1. The Morgan fingerprint density at radius 3 is 2.52 bits per heavy atom. The topological polar surface area (TPSA) is 120 Å². The first-order valence-electron chi connectivity index (χ1n) is 6.29. The van der Waals surface area contributed by atoms with E-state index in [1.54, 1.807) is 31.2 Å². The molecule has 112 valence electrons. The number of carboxylic acids is 1. The minimum atomic E-state index is -1.50. The highest BCUT2D eigenvalue weighted by molar-refractivity contribution is 5.80. The largest absolute Gasteiger partial charge is 0.481 e. The van der Waals surface area contributed by atoms with E-state index in [1.807, 2.05) is 6.07 Å². The number of aliphatic hydroxyl groups excluding tert-OH is 1. The summed E-state index contributed by atoms with van der Waals surface area (Å²) >= 11 is 0. The molecule has 0 fully saturated rings. The van der Waals surface area contributed by atoms with Crippen LogP contribution in [0.1, 0.15) is 18.9 Å². The van der Waals surface area contributed by atoms with Crippen LogP contribution in [0.15, 0.2) is 24.3 Å². The van der Waals surface area contributed by atoms with Gasteiger partial charge in [-0.2, -0.15) is 5.26 Å². The quantitative estimate of drug-likeness (QED) is 0.664. The van der Waals surface area contributed by atoms with Gasteiger partial charge in [0.2, 0.25) is 0 Å². The van der Waals surface area contributed by atoms with E-state index in [1.165, 1.54) is 0 Å². The van der Waals surface area contributed by atoms with Crippen LogP contribution in [0.5, 0.6) is 5.75 Å². The Kier molecular flexibility index (Phi) is 6.17. The van der Waals surface area contributed by atoms with E-state index >= 15 is 0 Å². The van der Waals surface area contributed by atoms with E-state index in [-0.39, 0.29) is 13.0 Å². The van der Waals surface area contributed by atoms with Crippen molar-refractivity contribution in [3.8, 4) is 11.8 Å². The molecule has 0 saturated heterocycles. The molecule has 21 heavy (non-hydrogen) atoms. The highest BCUT2D eigenvalue weighted by Crippen LogP contribution is 2.13. The van der Waals surface area contributed by atoms with Gasteiger partial charge in [-0.3, -0.25) is 4.79 Å². The summed E-state index contributed by atoms with van der Waals surface area (Å²) < 4.78 is 5.38. The number of nitrogens with one attached hydrogen (secondary N) is 1. The molecule has 1 amide bonds. The van der Waals surface area contributed by atoms with E-state index < -0.39 is 24.1 Å². The Bertz CT molecular complexity index is 535. The van der Waals surface area contributed by atoms with Gasteiger partial charge in [-0.05, 0) is 31.2 Å². The van der Waals surface area contributed by atoms with Gasteiger partial charge >= 0.3 is 5.97 Å². The Hall–Kier alpha value is -2.59. The number of ether oxygens (including phenoxy) is 1. The monoisotopic (exact) mass is 292 g/mol. The van der Waals surface area contributed by atoms with E-state index in [0.29, 0.717) is 11.3 Å². The molecule has 0 aliphatic heterocycles. The van der Waals surface area contributed by atoms with Crippen molar-refractivity contribution < 1.29 is 24.5 Å². The fraction of sp³-hybridized carbons (Fsp3) is 0.357. The van der Waals surface area contributed by atoms with Gasteiger partial charge in [0.05, 0.1) is 11.6 Å². The Labute approximate surface area is 121 Å². The number of nitriles is 1. The number of benzene rings is 1. The molecular formula is C14H16N2O5. The van der Waals surface area contributed by atoms with Crippen molar-refractivity contribution in [2.75, 3.05) is 6.54 Å². The molecule has 7 heteroatoms. The number of carbonyl (C=O) groups is 2. The molecule has 3 N–H and O–H groups in total. The fourth-order valence-corrected chi connectivity index (χ4v) is 1.46. The molecule has 0 heterocycles. The zero-order chi connectivity index (χ0) is 15.8. The van der Waals surface area contributed by atoms with Crippen molar-refractivity contribution in [2.24, 2.45) is 0 Å². The number of hydrogen-bond acceptors (Lipinski definition) is 5. The van der Waals surface area contributed by atoms with Crippen LogP contribution in [0.4, 0.5) is 0 Å². The number of aliphatic hydroxyl groups is 1. The van der Waals surface area contributed by atoms with Crippen molar-refractivity contribution >= 4 is 11.9 Å². The van der Waals surface area contributed by atoms with E-state index in [2.05, 4.69) is 5.32 Å². The zero-order valence-corrected chi connectivity index (χ0v) is 11.4. The van der Waals surface area contributed by atoms with E-state index in [4.69, 9.17) is 20.2 Å². The van der Waals surface area contributed by atoms with E-state index in [9.17, 15) is 9.59 Å². The molecule has 0 aliphatic carbocycles. The molecule has 0 aliphatic rings. The molecular weight excluding hydrogens is 276 g/mol. The molecule has 0 bridgehead atoms. The first-order chi connectivity index (χ1) is 9.93. The minimum absolute atomic E-state index is 0.0351. The molecule has 0 saturated carbocycles. The first-order valence-corrected chi connectivity index (χ1v) is 6.29. The molecule has 1 rings (SSSR count). The van der Waals surface area contributed by atoms with Crippen LogP contribution in [0.2, 0.25) is 0 Å². The normalized spacial score (nSPS) is 12.8. The van der Waals surface area contributed by atoms with Crippen molar-refractivity contribution in [1.29, 1.82) is 5.26 Å². The lowest BCUT2D eigenvalue weighted by Crippen LogP contribution is -2.38. The van der Waals surface area contributed by atoms with Crippen LogP contribution in [-0.2, 0) is 9.59 Å². The predicted molar refractivity (Wildman–Crippen MR) is 72.5 cm³/mol. The Morgan fingerprint density at radius 2 is 2.00 bits per heavy atom. The standard InChI is InChI=1S/C14H16N2O5/c1-9(13(18)16-7-6-12(17)14(19)20)21-11-4-2-10(8-15)3-5-11/h2-5,9,12,17H,6-7H2,1H3,(H,16,18)(H,19,20). The molecule has 7 nitrogen and oxygen atoms in total. The summed E-state index contributed by atoms with van der Waals surface area (Å²) in [6, 6.07) is 8.28. The first kappa shape index (κ1) is 16.5. The summed E-state index contributed by atoms with van der Waals surface area (Å²) in [6.07, 6.45) is -2.36. The van der Waals surface area contributed by atoms with Crippen LogP contribution in [0.3, 0.4) is 0 Å². The third-order valence-corrected chi connectivity index (χ3v) is 2.67. The van der Waals surface area contributed by atoms with Gasteiger partial charge in [0.1, 0.15) is 5.75 Å². The SMILES string of the molecule is CC(Oc1ccc(C#N)cc1)C(=O)NCCC(O)C(=O)O. The number of nitrogens with zero attached hydrogens (tertiary/aromatic N) is 1. The van der Waals surface area contributed by atoms with Crippen molar-refractivity contribution in [3.05, 3.63) is 29.8 Å². The van der Waals surface area contributed by atoms with Gasteiger partial charge in [0, 0.05) is 13.0 Å². The maximum absolute atomic E-state index is 11.7. The van der Waals surface area contributed by atoms with E-state index in [0.717, 1.165) is 0 Å². The fourth-order valence-electron chi connectivity index (χ4n) is 1.46. The van der Waals surface area contributed by atoms with Crippen molar-refractivity contribution in [1.82, 2.24) is 5.32 Å².